The highest BCUT2D eigenvalue weighted by atomic mass is 32.1. The van der Waals surface area contributed by atoms with Gasteiger partial charge in [-0.25, -0.2) is 0 Å². The summed E-state index contributed by atoms with van der Waals surface area (Å²) in [5, 5.41) is 11.4. The van der Waals surface area contributed by atoms with Gasteiger partial charge in [0.1, 0.15) is 0 Å². The lowest BCUT2D eigenvalue weighted by Crippen LogP contribution is -2.24. The van der Waals surface area contributed by atoms with Gasteiger partial charge in [-0.05, 0) is 24.0 Å². The molecule has 0 atom stereocenters. The minimum absolute atomic E-state index is 0.0253. The number of hydrogen-bond donors (Lipinski definition) is 2. The van der Waals surface area contributed by atoms with Gasteiger partial charge in [0.25, 0.3) is 5.91 Å². The fourth-order valence-electron chi connectivity index (χ4n) is 1.49. The molecule has 0 fully saturated rings. The Morgan fingerprint density at radius 3 is 2.68 bits per heavy atom. The summed E-state index contributed by atoms with van der Waals surface area (Å²) in [5.74, 6) is -0.0253. The van der Waals surface area contributed by atoms with Gasteiger partial charge in [-0.2, -0.15) is 0 Å². The first-order valence-corrected chi connectivity index (χ1v) is 7.34. The molecule has 0 spiro atoms. The van der Waals surface area contributed by atoms with Crippen molar-refractivity contribution in [1.29, 1.82) is 0 Å². The Bertz CT molecular complexity index is 396. The number of aliphatic hydroxyl groups is 1. The Balaban J connectivity index is 2.32. The number of hydrogen-bond acceptors (Lipinski definition) is 4. The van der Waals surface area contributed by atoms with E-state index in [2.05, 4.69) is 26.1 Å². The smallest absolute Gasteiger partial charge is 0.261 e. The Hall–Kier alpha value is -0.910. The highest BCUT2D eigenvalue weighted by molar-refractivity contribution is 7.14. The number of ether oxygens (including phenoxy) is 1. The topological polar surface area (TPSA) is 58.6 Å². The highest BCUT2D eigenvalue weighted by Gasteiger charge is 2.18. The molecule has 1 rings (SSSR count). The maximum atomic E-state index is 11.9. The van der Waals surface area contributed by atoms with E-state index in [9.17, 15) is 4.79 Å². The van der Waals surface area contributed by atoms with Crippen molar-refractivity contribution >= 4 is 17.2 Å². The summed E-state index contributed by atoms with van der Waals surface area (Å²) < 4.78 is 5.12. The number of thiophene rings is 1. The molecule has 1 aromatic heterocycles. The molecule has 0 radical (unpaired) electrons. The first-order valence-electron chi connectivity index (χ1n) is 6.52. The normalized spacial score (nSPS) is 11.6. The monoisotopic (exact) mass is 285 g/mol. The van der Waals surface area contributed by atoms with E-state index >= 15 is 0 Å². The van der Waals surface area contributed by atoms with Crippen molar-refractivity contribution in [2.75, 3.05) is 26.4 Å². The molecule has 5 heteroatoms. The van der Waals surface area contributed by atoms with E-state index in [0.717, 1.165) is 11.3 Å². The summed E-state index contributed by atoms with van der Waals surface area (Å²) in [6, 6.07) is 3.90. The molecule has 0 aliphatic carbocycles. The molecular formula is C14H23NO3S. The molecule has 1 heterocycles. The third-order valence-electron chi connectivity index (χ3n) is 2.56. The molecule has 0 saturated carbocycles. The molecule has 0 bridgehead atoms. The van der Waals surface area contributed by atoms with Crippen molar-refractivity contribution < 1.29 is 14.6 Å². The summed E-state index contributed by atoms with van der Waals surface area (Å²) in [5.41, 5.74) is 0.0847. The number of nitrogens with one attached hydrogen (secondary N) is 1. The Kier molecular flexibility index (Phi) is 6.48. The van der Waals surface area contributed by atoms with Gasteiger partial charge >= 0.3 is 0 Å². The lowest BCUT2D eigenvalue weighted by molar-refractivity contribution is 0.0869. The maximum Gasteiger partial charge on any atom is 0.261 e. The van der Waals surface area contributed by atoms with Crippen LogP contribution in [0.5, 0.6) is 0 Å². The molecule has 0 aliphatic heterocycles. The number of carbonyl (C=O) groups excluding carboxylic acids is 1. The molecule has 0 aliphatic rings. The van der Waals surface area contributed by atoms with Gasteiger partial charge in [0, 0.05) is 18.0 Å². The zero-order valence-corrected chi connectivity index (χ0v) is 12.7. The SMILES string of the molecule is CC(C)(C)c1ccc(C(=O)NCCCOCCO)s1. The predicted octanol–water partition coefficient (Wildman–Crippen LogP) is 2.17. The second-order valence-electron chi connectivity index (χ2n) is 5.36. The van der Waals surface area contributed by atoms with E-state index in [1.807, 2.05) is 12.1 Å². The van der Waals surface area contributed by atoms with Crippen LogP contribution in [0.25, 0.3) is 0 Å². The largest absolute Gasteiger partial charge is 0.394 e. The molecule has 1 aromatic rings. The lowest BCUT2D eigenvalue weighted by Gasteiger charge is -2.15. The van der Waals surface area contributed by atoms with Crippen LogP contribution in [0, 0.1) is 0 Å². The van der Waals surface area contributed by atoms with Crippen LogP contribution in [0.2, 0.25) is 0 Å². The number of amides is 1. The van der Waals surface area contributed by atoms with Crippen molar-refractivity contribution in [2.24, 2.45) is 0 Å². The van der Waals surface area contributed by atoms with Crippen LogP contribution in [0.15, 0.2) is 12.1 Å². The van der Waals surface area contributed by atoms with Crippen molar-refractivity contribution in [2.45, 2.75) is 32.6 Å². The Labute approximate surface area is 118 Å². The van der Waals surface area contributed by atoms with E-state index < -0.39 is 0 Å². The van der Waals surface area contributed by atoms with E-state index in [1.54, 1.807) is 11.3 Å². The molecule has 1 amide bonds. The number of rotatable bonds is 7. The minimum Gasteiger partial charge on any atom is -0.394 e. The van der Waals surface area contributed by atoms with Crippen molar-refractivity contribution in [3.63, 3.8) is 0 Å². The van der Waals surface area contributed by atoms with Crippen LogP contribution < -0.4 is 5.32 Å². The van der Waals surface area contributed by atoms with Crippen LogP contribution in [0.3, 0.4) is 0 Å². The summed E-state index contributed by atoms with van der Waals surface area (Å²) in [7, 11) is 0. The van der Waals surface area contributed by atoms with Gasteiger partial charge < -0.3 is 15.2 Å². The zero-order chi connectivity index (χ0) is 14.3. The van der Waals surface area contributed by atoms with Crippen LogP contribution >= 0.6 is 11.3 Å². The summed E-state index contributed by atoms with van der Waals surface area (Å²) in [6.45, 7) is 7.95. The van der Waals surface area contributed by atoms with Gasteiger partial charge in [0.2, 0.25) is 0 Å². The van der Waals surface area contributed by atoms with Gasteiger partial charge in [0.15, 0.2) is 0 Å². The maximum absolute atomic E-state index is 11.9. The van der Waals surface area contributed by atoms with Crippen molar-refractivity contribution in [1.82, 2.24) is 5.32 Å². The number of aliphatic hydroxyl groups excluding tert-OH is 1. The zero-order valence-electron chi connectivity index (χ0n) is 11.9. The second kappa shape index (κ2) is 7.62. The third-order valence-corrected chi connectivity index (χ3v) is 4.07. The van der Waals surface area contributed by atoms with E-state index in [4.69, 9.17) is 9.84 Å². The fourth-order valence-corrected chi connectivity index (χ4v) is 2.47. The first kappa shape index (κ1) is 16.1. The van der Waals surface area contributed by atoms with Crippen LogP contribution in [0.4, 0.5) is 0 Å². The van der Waals surface area contributed by atoms with Crippen LogP contribution in [0.1, 0.15) is 41.7 Å². The van der Waals surface area contributed by atoms with E-state index in [0.29, 0.717) is 19.8 Å². The second-order valence-corrected chi connectivity index (χ2v) is 6.44. The average Bonchev–Trinajstić information content (AvgIpc) is 2.82. The standard InChI is InChI=1S/C14H23NO3S/c1-14(2,3)12-6-5-11(19-12)13(17)15-7-4-9-18-10-8-16/h5-6,16H,4,7-10H2,1-3H3,(H,15,17). The van der Waals surface area contributed by atoms with Crippen LogP contribution in [-0.4, -0.2) is 37.4 Å². The quantitative estimate of drug-likeness (QED) is 0.755. The van der Waals surface area contributed by atoms with Crippen molar-refractivity contribution in [3.05, 3.63) is 21.9 Å². The minimum atomic E-state index is -0.0253. The fraction of sp³-hybridized carbons (Fsp3) is 0.643. The molecule has 0 aromatic carbocycles. The molecular weight excluding hydrogens is 262 g/mol. The third kappa shape index (κ3) is 5.72. The molecule has 108 valence electrons. The number of carbonyl (C=O) groups is 1. The Morgan fingerprint density at radius 2 is 2.11 bits per heavy atom. The Morgan fingerprint density at radius 1 is 1.37 bits per heavy atom. The summed E-state index contributed by atoms with van der Waals surface area (Å²) in [6.07, 6.45) is 0.753. The van der Waals surface area contributed by atoms with E-state index in [-0.39, 0.29) is 17.9 Å². The van der Waals surface area contributed by atoms with Crippen LogP contribution in [-0.2, 0) is 10.2 Å². The van der Waals surface area contributed by atoms with Gasteiger partial charge in [-0.3, -0.25) is 4.79 Å². The molecule has 4 nitrogen and oxygen atoms in total. The summed E-state index contributed by atoms with van der Waals surface area (Å²) >= 11 is 1.54. The van der Waals surface area contributed by atoms with Gasteiger partial charge in [-0.1, -0.05) is 20.8 Å². The summed E-state index contributed by atoms with van der Waals surface area (Å²) in [4.78, 5) is 13.9. The molecule has 0 saturated heterocycles. The van der Waals surface area contributed by atoms with Gasteiger partial charge in [0.05, 0.1) is 18.1 Å². The van der Waals surface area contributed by atoms with E-state index in [1.165, 1.54) is 4.88 Å². The first-order chi connectivity index (χ1) is 8.95. The average molecular weight is 285 g/mol. The van der Waals surface area contributed by atoms with Crippen molar-refractivity contribution in [3.8, 4) is 0 Å². The predicted molar refractivity (Wildman–Crippen MR) is 77.9 cm³/mol. The molecule has 2 N–H and O–H groups in total. The van der Waals surface area contributed by atoms with Gasteiger partial charge in [-0.15, -0.1) is 11.3 Å². The highest BCUT2D eigenvalue weighted by Crippen LogP contribution is 2.29. The molecule has 0 unspecified atom stereocenters. The molecule has 19 heavy (non-hydrogen) atoms. The lowest BCUT2D eigenvalue weighted by atomic mass is 9.95.